The molecule has 2 rings (SSSR count). The van der Waals surface area contributed by atoms with E-state index in [4.69, 9.17) is 5.73 Å². The van der Waals surface area contributed by atoms with Crippen molar-refractivity contribution in [2.75, 3.05) is 5.73 Å². The molecule has 0 aliphatic heterocycles. The molecule has 6 nitrogen and oxygen atoms in total. The number of nitrogens with zero attached hydrogens (tertiary/aromatic N) is 2. The minimum atomic E-state index is -3.60. The van der Waals surface area contributed by atoms with E-state index in [0.717, 1.165) is 5.56 Å². The quantitative estimate of drug-likeness (QED) is 0.850. The molecule has 0 amide bonds. The van der Waals surface area contributed by atoms with Crippen molar-refractivity contribution in [1.29, 1.82) is 0 Å². The molecule has 0 aliphatic rings. The van der Waals surface area contributed by atoms with E-state index < -0.39 is 10.0 Å². The number of thiophene rings is 1. The second kappa shape index (κ2) is 4.47. The van der Waals surface area contributed by atoms with Crippen LogP contribution in [0.3, 0.4) is 0 Å². The maximum atomic E-state index is 11.9. The molecule has 0 unspecified atom stereocenters. The lowest BCUT2D eigenvalue weighted by Gasteiger charge is -2.03. The number of sulfonamides is 1. The first kappa shape index (κ1) is 12.1. The van der Waals surface area contributed by atoms with Crippen molar-refractivity contribution in [3.63, 3.8) is 0 Å². The topological polar surface area (TPSA) is 90.0 Å². The van der Waals surface area contributed by atoms with Crippen LogP contribution in [-0.4, -0.2) is 18.2 Å². The predicted molar refractivity (Wildman–Crippen MR) is 66.0 cm³/mol. The molecule has 3 N–H and O–H groups in total. The minimum absolute atomic E-state index is 0.00492. The Hall–Kier alpha value is -1.38. The Morgan fingerprint density at radius 2 is 2.35 bits per heavy atom. The molecule has 2 heterocycles. The summed E-state index contributed by atoms with van der Waals surface area (Å²) in [4.78, 5) is 0.00947. The maximum absolute atomic E-state index is 11.9. The van der Waals surface area contributed by atoms with Gasteiger partial charge in [-0.2, -0.15) is 16.4 Å². The summed E-state index contributed by atoms with van der Waals surface area (Å²) in [6.07, 6.45) is 1.38. The molecule has 0 radical (unpaired) electrons. The number of anilines is 1. The summed E-state index contributed by atoms with van der Waals surface area (Å²) in [7, 11) is -1.98. The van der Waals surface area contributed by atoms with E-state index >= 15 is 0 Å². The highest BCUT2D eigenvalue weighted by Crippen LogP contribution is 2.16. The smallest absolute Gasteiger partial charge is 0.246 e. The number of hydrogen-bond acceptors (Lipinski definition) is 5. The summed E-state index contributed by atoms with van der Waals surface area (Å²) in [6.45, 7) is 0.250. The number of rotatable bonds is 4. The second-order valence-corrected chi connectivity index (χ2v) is 6.02. The van der Waals surface area contributed by atoms with Crippen molar-refractivity contribution in [3.05, 3.63) is 28.6 Å². The van der Waals surface area contributed by atoms with Crippen LogP contribution in [0.25, 0.3) is 0 Å². The van der Waals surface area contributed by atoms with Gasteiger partial charge in [0.25, 0.3) is 0 Å². The van der Waals surface area contributed by atoms with Gasteiger partial charge in [0.1, 0.15) is 4.90 Å². The summed E-state index contributed by atoms with van der Waals surface area (Å²) in [6, 6.07) is 1.86. The first-order valence-corrected chi connectivity index (χ1v) is 7.21. The van der Waals surface area contributed by atoms with Gasteiger partial charge in [0.05, 0.1) is 0 Å². The molecule has 0 saturated carbocycles. The fraction of sp³-hybridized carbons (Fsp3) is 0.222. The van der Waals surface area contributed by atoms with E-state index in [-0.39, 0.29) is 17.3 Å². The lowest BCUT2D eigenvalue weighted by Crippen LogP contribution is -2.23. The van der Waals surface area contributed by atoms with Gasteiger partial charge in [-0.05, 0) is 22.4 Å². The molecule has 2 aromatic heterocycles. The van der Waals surface area contributed by atoms with Crippen molar-refractivity contribution in [1.82, 2.24) is 14.5 Å². The Morgan fingerprint density at radius 3 is 2.88 bits per heavy atom. The van der Waals surface area contributed by atoms with E-state index in [1.807, 2.05) is 16.8 Å². The molecule has 0 aromatic carbocycles. The number of aryl methyl sites for hydroxylation is 1. The van der Waals surface area contributed by atoms with Gasteiger partial charge in [0.2, 0.25) is 10.0 Å². The van der Waals surface area contributed by atoms with Gasteiger partial charge < -0.3 is 5.73 Å². The summed E-state index contributed by atoms with van der Waals surface area (Å²) >= 11 is 1.52. The third-order valence-electron chi connectivity index (χ3n) is 2.16. The van der Waals surface area contributed by atoms with E-state index in [9.17, 15) is 8.42 Å². The molecule has 92 valence electrons. The van der Waals surface area contributed by atoms with Crippen LogP contribution in [-0.2, 0) is 23.6 Å². The number of aromatic nitrogens is 2. The molecule has 8 heteroatoms. The Bertz CT molecular complexity index is 601. The van der Waals surface area contributed by atoms with Crippen molar-refractivity contribution >= 4 is 27.2 Å². The third-order valence-corrected chi connectivity index (χ3v) is 4.31. The predicted octanol–water partition coefficient (Wildman–Crippen LogP) is 0.542. The molecular weight excluding hydrogens is 260 g/mol. The van der Waals surface area contributed by atoms with Gasteiger partial charge in [-0.1, -0.05) is 0 Å². The van der Waals surface area contributed by atoms with Gasteiger partial charge in [-0.25, -0.2) is 13.1 Å². The van der Waals surface area contributed by atoms with Crippen LogP contribution in [0.5, 0.6) is 0 Å². The summed E-state index contributed by atoms with van der Waals surface area (Å²) < 4.78 is 27.7. The Kier molecular flexibility index (Phi) is 3.18. The highest BCUT2D eigenvalue weighted by atomic mass is 32.2. The first-order valence-electron chi connectivity index (χ1n) is 4.79. The monoisotopic (exact) mass is 272 g/mol. The van der Waals surface area contributed by atoms with Crippen LogP contribution in [0, 0.1) is 0 Å². The summed E-state index contributed by atoms with van der Waals surface area (Å²) in [5.41, 5.74) is 6.45. The van der Waals surface area contributed by atoms with Crippen molar-refractivity contribution < 1.29 is 8.42 Å². The van der Waals surface area contributed by atoms with E-state index in [2.05, 4.69) is 9.82 Å². The standard InChI is InChI=1S/C9H12N4O2S2/c1-13-5-8(9(10)12-13)17(14,15)11-4-7-2-3-16-6-7/h2-3,5-6,11H,4H2,1H3,(H2,10,12). The normalized spacial score (nSPS) is 11.8. The highest BCUT2D eigenvalue weighted by Gasteiger charge is 2.20. The zero-order valence-electron chi connectivity index (χ0n) is 9.12. The average molecular weight is 272 g/mol. The highest BCUT2D eigenvalue weighted by molar-refractivity contribution is 7.89. The maximum Gasteiger partial charge on any atom is 0.246 e. The van der Waals surface area contributed by atoms with Gasteiger partial charge in [0.15, 0.2) is 5.82 Å². The van der Waals surface area contributed by atoms with Crippen molar-refractivity contribution in [2.45, 2.75) is 11.4 Å². The number of nitrogens with one attached hydrogen (secondary N) is 1. The zero-order valence-corrected chi connectivity index (χ0v) is 10.8. The molecule has 0 saturated heterocycles. The van der Waals surface area contributed by atoms with Crippen LogP contribution in [0.15, 0.2) is 27.9 Å². The Balaban J connectivity index is 2.17. The Labute approximate surface area is 103 Å². The van der Waals surface area contributed by atoms with Gasteiger partial charge >= 0.3 is 0 Å². The first-order chi connectivity index (χ1) is 7.99. The minimum Gasteiger partial charge on any atom is -0.381 e. The van der Waals surface area contributed by atoms with Crippen molar-refractivity contribution in [3.8, 4) is 0 Å². The number of nitrogens with two attached hydrogens (primary N) is 1. The van der Waals surface area contributed by atoms with Gasteiger partial charge in [0, 0.05) is 19.8 Å². The zero-order chi connectivity index (χ0) is 12.5. The lowest BCUT2D eigenvalue weighted by molar-refractivity contribution is 0.581. The summed E-state index contributed by atoms with van der Waals surface area (Å²) in [5, 5.41) is 7.57. The van der Waals surface area contributed by atoms with Crippen LogP contribution < -0.4 is 10.5 Å². The molecule has 17 heavy (non-hydrogen) atoms. The molecule has 0 atom stereocenters. The van der Waals surface area contributed by atoms with Crippen LogP contribution in [0.4, 0.5) is 5.82 Å². The van der Waals surface area contributed by atoms with E-state index in [1.54, 1.807) is 7.05 Å². The number of nitrogen functional groups attached to an aromatic ring is 1. The lowest BCUT2D eigenvalue weighted by atomic mass is 10.4. The second-order valence-electron chi connectivity index (χ2n) is 3.51. The third kappa shape index (κ3) is 2.65. The van der Waals surface area contributed by atoms with Gasteiger partial charge in [-0.3, -0.25) is 4.68 Å². The molecule has 0 spiro atoms. The van der Waals surface area contributed by atoms with E-state index in [0.29, 0.717) is 0 Å². The number of hydrogen-bond donors (Lipinski definition) is 2. The SMILES string of the molecule is Cn1cc(S(=O)(=O)NCc2ccsc2)c(N)n1. The molecular formula is C9H12N4O2S2. The van der Waals surface area contributed by atoms with Crippen LogP contribution >= 0.6 is 11.3 Å². The van der Waals surface area contributed by atoms with E-state index in [1.165, 1.54) is 22.2 Å². The van der Waals surface area contributed by atoms with Crippen LogP contribution in [0.1, 0.15) is 5.56 Å². The Morgan fingerprint density at radius 1 is 1.59 bits per heavy atom. The largest absolute Gasteiger partial charge is 0.381 e. The van der Waals surface area contributed by atoms with Crippen molar-refractivity contribution in [2.24, 2.45) is 7.05 Å². The average Bonchev–Trinajstić information content (AvgIpc) is 2.85. The fourth-order valence-electron chi connectivity index (χ4n) is 1.34. The molecule has 2 aromatic rings. The van der Waals surface area contributed by atoms with Gasteiger partial charge in [-0.15, -0.1) is 0 Å². The molecule has 0 fully saturated rings. The fourth-order valence-corrected chi connectivity index (χ4v) is 3.13. The molecule has 0 aliphatic carbocycles. The summed E-state index contributed by atoms with van der Waals surface area (Å²) in [5.74, 6) is 0.00492. The van der Waals surface area contributed by atoms with Crippen LogP contribution in [0.2, 0.25) is 0 Å². The molecule has 0 bridgehead atoms.